The average molecular weight is 1050 g/mol. The van der Waals surface area contributed by atoms with Crippen molar-refractivity contribution in [3.8, 4) is 0 Å². The molecule has 0 spiro atoms. The first-order chi connectivity index (χ1) is 33.8. The van der Waals surface area contributed by atoms with Crippen LogP contribution in [0.15, 0.2) is 127 Å². The summed E-state index contributed by atoms with van der Waals surface area (Å²) in [7, 11) is -1.42. The Morgan fingerprint density at radius 1 is 0.419 bits per heavy atom. The van der Waals surface area contributed by atoms with Crippen molar-refractivity contribution in [3.05, 3.63) is 114 Å². The van der Waals surface area contributed by atoms with Gasteiger partial charge in [0.15, 0.2) is 5.58 Å². The van der Waals surface area contributed by atoms with E-state index in [-0.39, 0.29) is 81.2 Å². The molecule has 12 nitrogen and oxygen atoms in total. The fraction of sp³-hybridized carbons (Fsp3) is 0.351. The molecule has 0 amide bonds. The third-order valence-electron chi connectivity index (χ3n) is 15.2. The summed E-state index contributed by atoms with van der Waals surface area (Å²) in [5.41, 5.74) is 5.39. The maximum Gasteiger partial charge on any atom is 1.00 e. The predicted octanol–water partition coefficient (Wildman–Crippen LogP) is 10.6. The van der Waals surface area contributed by atoms with E-state index >= 15 is 0 Å². The molecule has 7 heterocycles. The molecule has 74 heavy (non-hydrogen) atoms. The average Bonchev–Trinajstić information content (AvgIpc) is 4.14. The number of furan rings is 4. The fourth-order valence-corrected chi connectivity index (χ4v) is 9.39. The Hall–Kier alpha value is -4.13. The quantitative estimate of drug-likeness (QED) is 0.152. The van der Waals surface area contributed by atoms with Crippen LogP contribution in [0.3, 0.4) is 0 Å². The van der Waals surface area contributed by atoms with Gasteiger partial charge in [-0.15, -0.1) is 0 Å². The minimum Gasteiger partial charge on any atom is -0.550 e. The van der Waals surface area contributed by atoms with Crippen LogP contribution in [-0.4, -0.2) is 60.7 Å². The molecule has 3 aliphatic rings. The standard InChI is InChI=1S/C24H21BO4.C18H9ClO2.C12H24B2O4.C2H4O2.CH4.K/c1-23(2)24(3,4)29-25(28-23)18-10-7-9-15-17-13-20-16(12-21(17)27-22(15)18)14-8-5-6-11-19(14)26-20;19-14-6-3-5-11-13-9-16-12(8-17(13)21-18(11)14)10-4-1-2-7-15(10)20-16;1-9(2)10(3,4)16-13(15-9)14-17-11(5,6)12(7,8)18-14;1-2(3)4;;/h5-13H,1-4H3;1-9H;1-8H3;1H3,(H,3,4);1H4;/q;;;;;+1/p-1. The molecule has 6 aromatic carbocycles. The first-order valence-electron chi connectivity index (χ1n) is 24.2. The van der Waals surface area contributed by atoms with Crippen LogP contribution in [0, 0.1) is 0 Å². The Morgan fingerprint density at radius 2 is 0.730 bits per heavy atom. The maximum atomic E-state index is 8.89. The number of benzene rings is 6. The van der Waals surface area contributed by atoms with Crippen LogP contribution in [0.25, 0.3) is 87.8 Å². The number of rotatable bonds is 2. The van der Waals surface area contributed by atoms with E-state index in [2.05, 4.69) is 58.0 Å². The zero-order valence-corrected chi connectivity index (χ0v) is 47.8. The molecule has 3 saturated heterocycles. The van der Waals surface area contributed by atoms with Gasteiger partial charge in [-0.3, -0.25) is 0 Å². The molecule has 0 saturated carbocycles. The van der Waals surface area contributed by atoms with Crippen molar-refractivity contribution >= 4 is 132 Å². The number of para-hydroxylation sites is 4. The predicted molar refractivity (Wildman–Crippen MR) is 292 cm³/mol. The van der Waals surface area contributed by atoms with Gasteiger partial charge in [0, 0.05) is 54.5 Å². The van der Waals surface area contributed by atoms with Gasteiger partial charge in [0.25, 0.3) is 0 Å². The van der Waals surface area contributed by atoms with Crippen molar-refractivity contribution in [3.63, 3.8) is 0 Å². The molecule has 3 aliphatic heterocycles. The van der Waals surface area contributed by atoms with Gasteiger partial charge in [-0.25, -0.2) is 0 Å². The van der Waals surface area contributed by atoms with E-state index in [1.165, 1.54) is 0 Å². The molecule has 0 N–H and O–H groups in total. The molecular weight excluding hydrogens is 984 g/mol. The van der Waals surface area contributed by atoms with Gasteiger partial charge in [0.2, 0.25) is 0 Å². The topological polar surface area (TPSA) is 148 Å². The third-order valence-corrected chi connectivity index (χ3v) is 15.5. The fourth-order valence-electron chi connectivity index (χ4n) is 9.17. The smallest absolute Gasteiger partial charge is 0.550 e. The SMILES string of the molecule is C.CC(=O)[O-].CC1(C)OB(B2OC(C)(C)C(C)(C)O2)OC1(C)C.CC1(C)OB(c2cccc3c2oc2cc4c(cc23)oc2ccccc24)OC1(C)C.Clc1cccc2c1oc1cc3c(cc12)oc1ccccc13.[K+]. The molecule has 0 radical (unpaired) electrons. The van der Waals surface area contributed by atoms with Gasteiger partial charge in [0.1, 0.15) is 39.1 Å². The molecule has 378 valence electrons. The molecule has 0 atom stereocenters. The largest absolute Gasteiger partial charge is 1.00 e. The number of carbonyl (C=O) groups excluding carboxylic acids is 1. The summed E-state index contributed by atoms with van der Waals surface area (Å²) in [4.78, 5) is 8.89. The molecule has 0 aliphatic carbocycles. The molecule has 10 aromatic rings. The van der Waals surface area contributed by atoms with E-state index in [1.54, 1.807) is 0 Å². The molecule has 13 rings (SSSR count). The Balaban J connectivity index is 0.000000145. The molecular formula is C57H61B3ClKO12. The number of hydrogen-bond donors (Lipinski definition) is 0. The number of hydrogen-bond acceptors (Lipinski definition) is 12. The second kappa shape index (κ2) is 20.0. The third kappa shape index (κ3) is 9.92. The molecule has 0 unspecified atom stereocenters. The van der Waals surface area contributed by atoms with Crippen LogP contribution < -0.4 is 62.0 Å². The van der Waals surface area contributed by atoms with Gasteiger partial charge in [-0.05, 0) is 132 Å². The van der Waals surface area contributed by atoms with E-state index in [9.17, 15) is 0 Å². The van der Waals surface area contributed by atoms with Crippen LogP contribution >= 0.6 is 11.6 Å². The van der Waals surface area contributed by atoms with Gasteiger partial charge >= 0.3 is 72.5 Å². The number of aliphatic carboxylic acids is 1. The normalized spacial score (nSPS) is 18.8. The monoisotopic (exact) mass is 1040 g/mol. The van der Waals surface area contributed by atoms with Gasteiger partial charge in [-0.2, -0.15) is 0 Å². The van der Waals surface area contributed by atoms with Crippen molar-refractivity contribution < 1.29 is 107 Å². The van der Waals surface area contributed by atoms with E-state index in [0.717, 1.165) is 100 Å². The Kier molecular flexibility index (Phi) is 15.2. The molecule has 4 aromatic heterocycles. The van der Waals surface area contributed by atoms with Crippen molar-refractivity contribution in [1.82, 2.24) is 0 Å². The summed E-state index contributed by atoms with van der Waals surface area (Å²) in [6.07, 6.45) is 0. The number of carbonyl (C=O) groups is 1. The van der Waals surface area contributed by atoms with Gasteiger partial charge < -0.3 is 55.5 Å². The summed E-state index contributed by atoms with van der Waals surface area (Å²) in [6.45, 7) is 25.4. The van der Waals surface area contributed by atoms with E-state index in [4.69, 9.17) is 67.1 Å². The van der Waals surface area contributed by atoms with Crippen molar-refractivity contribution in [2.45, 2.75) is 131 Å². The minimum absolute atomic E-state index is 0. The van der Waals surface area contributed by atoms with E-state index in [1.807, 2.05) is 134 Å². The first-order valence-corrected chi connectivity index (χ1v) is 24.6. The van der Waals surface area contributed by atoms with Crippen LogP contribution in [0.1, 0.15) is 97.4 Å². The second-order valence-corrected chi connectivity index (χ2v) is 22.2. The number of carboxylic acids is 1. The Labute approximate surface area is 479 Å². The maximum absolute atomic E-state index is 8.89. The van der Waals surface area contributed by atoms with Gasteiger partial charge in [-0.1, -0.05) is 85.8 Å². The van der Waals surface area contributed by atoms with Crippen molar-refractivity contribution in [2.75, 3.05) is 0 Å². The van der Waals surface area contributed by atoms with Crippen LogP contribution in [0.5, 0.6) is 0 Å². The first kappa shape index (κ1) is 56.1. The zero-order valence-electron chi connectivity index (χ0n) is 43.9. The second-order valence-electron chi connectivity index (χ2n) is 21.8. The summed E-state index contributed by atoms with van der Waals surface area (Å²) in [6, 6.07) is 36.2. The molecule has 0 bridgehead atoms. The Bertz CT molecular complexity index is 3650. The van der Waals surface area contributed by atoms with E-state index in [0.29, 0.717) is 5.02 Å². The van der Waals surface area contributed by atoms with Crippen LogP contribution in [-0.2, 0) is 32.7 Å². The van der Waals surface area contributed by atoms with E-state index < -0.39 is 38.3 Å². The Morgan fingerprint density at radius 3 is 1.15 bits per heavy atom. The van der Waals surface area contributed by atoms with Crippen molar-refractivity contribution in [2.24, 2.45) is 0 Å². The number of carboxylic acid groups (broad SMARTS) is 1. The molecule has 3 fully saturated rings. The van der Waals surface area contributed by atoms with Crippen molar-refractivity contribution in [1.29, 1.82) is 0 Å². The zero-order chi connectivity index (χ0) is 51.5. The summed E-state index contributed by atoms with van der Waals surface area (Å²) in [5, 5.41) is 17.9. The number of fused-ring (bicyclic) bond motifs is 12. The summed E-state index contributed by atoms with van der Waals surface area (Å²) < 4.78 is 60.7. The minimum atomic E-state index is -1.08. The van der Waals surface area contributed by atoms with Gasteiger partial charge in [0.05, 0.1) is 38.6 Å². The number of halogens is 1. The molecule has 17 heteroatoms. The van der Waals surface area contributed by atoms with Crippen LogP contribution in [0.2, 0.25) is 5.02 Å². The van der Waals surface area contributed by atoms with Crippen LogP contribution in [0.4, 0.5) is 0 Å². The summed E-state index contributed by atoms with van der Waals surface area (Å²) in [5.74, 6) is -1.08. The summed E-state index contributed by atoms with van der Waals surface area (Å²) >= 11 is 6.21.